The SMILES string of the molecule is CC1C2=C(CCCCCCC2)C(=O)N1C1CCCCCCC1. The topological polar surface area (TPSA) is 20.3 Å². The second-order valence-corrected chi connectivity index (χ2v) is 7.66. The minimum atomic E-state index is 0.380. The first-order chi connectivity index (χ1) is 10.8. The van der Waals surface area contributed by atoms with Gasteiger partial charge in [-0.1, -0.05) is 51.4 Å². The number of carbonyl (C=O) groups excluding carboxylic acids is 1. The van der Waals surface area contributed by atoms with Crippen molar-refractivity contribution in [1.29, 1.82) is 0 Å². The number of amides is 1. The van der Waals surface area contributed by atoms with E-state index in [0.29, 0.717) is 18.0 Å². The van der Waals surface area contributed by atoms with Crippen molar-refractivity contribution >= 4 is 5.91 Å². The van der Waals surface area contributed by atoms with Crippen LogP contribution >= 0.6 is 0 Å². The molecule has 1 saturated carbocycles. The molecule has 0 aromatic rings. The molecule has 2 aliphatic carbocycles. The molecule has 3 aliphatic rings. The van der Waals surface area contributed by atoms with Crippen LogP contribution in [0.25, 0.3) is 0 Å². The second kappa shape index (κ2) is 7.66. The smallest absolute Gasteiger partial charge is 0.250 e. The van der Waals surface area contributed by atoms with Gasteiger partial charge in [-0.25, -0.2) is 0 Å². The van der Waals surface area contributed by atoms with Crippen molar-refractivity contribution < 1.29 is 4.79 Å². The average Bonchev–Trinajstić information content (AvgIpc) is 2.77. The van der Waals surface area contributed by atoms with E-state index >= 15 is 0 Å². The predicted octanol–water partition coefficient (Wildman–Crippen LogP) is 5.37. The molecule has 0 radical (unpaired) electrons. The minimum absolute atomic E-state index is 0.380. The number of nitrogens with zero attached hydrogens (tertiary/aromatic N) is 1. The van der Waals surface area contributed by atoms with Gasteiger partial charge in [-0.2, -0.15) is 0 Å². The van der Waals surface area contributed by atoms with Gasteiger partial charge in [0.1, 0.15) is 0 Å². The Morgan fingerprint density at radius 1 is 0.773 bits per heavy atom. The summed E-state index contributed by atoms with van der Waals surface area (Å²) in [5, 5.41) is 0. The maximum Gasteiger partial charge on any atom is 0.250 e. The standard InChI is InChI=1S/C20H33NO/c1-16-18-14-10-6-3-7-11-15-19(18)20(22)21(16)17-12-8-4-2-5-9-13-17/h16-17H,2-15H2,1H3. The Labute approximate surface area is 136 Å². The fourth-order valence-corrected chi connectivity index (χ4v) is 4.86. The highest BCUT2D eigenvalue weighted by Crippen LogP contribution is 2.37. The summed E-state index contributed by atoms with van der Waals surface area (Å²) >= 11 is 0. The van der Waals surface area contributed by atoms with E-state index in [4.69, 9.17) is 0 Å². The maximum atomic E-state index is 13.1. The quantitative estimate of drug-likeness (QED) is 0.637. The van der Waals surface area contributed by atoms with Gasteiger partial charge in [0.25, 0.3) is 5.91 Å². The zero-order valence-corrected chi connectivity index (χ0v) is 14.4. The molecule has 2 nitrogen and oxygen atoms in total. The number of rotatable bonds is 1. The number of hydrogen-bond donors (Lipinski definition) is 0. The van der Waals surface area contributed by atoms with Crippen molar-refractivity contribution in [2.24, 2.45) is 0 Å². The van der Waals surface area contributed by atoms with E-state index in [1.165, 1.54) is 94.6 Å². The van der Waals surface area contributed by atoms with Crippen LogP contribution in [0.1, 0.15) is 96.8 Å². The largest absolute Gasteiger partial charge is 0.329 e. The Hall–Kier alpha value is -0.790. The second-order valence-electron chi connectivity index (χ2n) is 7.66. The van der Waals surface area contributed by atoms with Crippen LogP contribution in [-0.2, 0) is 4.79 Å². The predicted molar refractivity (Wildman–Crippen MR) is 91.8 cm³/mol. The summed E-state index contributed by atoms with van der Waals surface area (Å²) in [5.74, 6) is 0.412. The van der Waals surface area contributed by atoms with Crippen molar-refractivity contribution in [3.05, 3.63) is 11.1 Å². The highest BCUT2D eigenvalue weighted by molar-refractivity contribution is 5.97. The molecule has 0 aromatic heterocycles. The van der Waals surface area contributed by atoms with Gasteiger partial charge in [-0.05, 0) is 51.0 Å². The zero-order valence-electron chi connectivity index (χ0n) is 14.4. The van der Waals surface area contributed by atoms with Crippen LogP contribution in [0.4, 0.5) is 0 Å². The Morgan fingerprint density at radius 2 is 1.32 bits per heavy atom. The van der Waals surface area contributed by atoms with E-state index in [9.17, 15) is 4.79 Å². The van der Waals surface area contributed by atoms with E-state index in [1.54, 1.807) is 0 Å². The maximum absolute atomic E-state index is 13.1. The van der Waals surface area contributed by atoms with Gasteiger partial charge in [0.2, 0.25) is 0 Å². The summed E-state index contributed by atoms with van der Waals surface area (Å²) in [7, 11) is 0. The molecule has 3 rings (SSSR count). The lowest BCUT2D eigenvalue weighted by atomic mass is 9.94. The molecule has 1 amide bonds. The molecule has 0 bridgehead atoms. The Kier molecular flexibility index (Phi) is 5.60. The fourth-order valence-electron chi connectivity index (χ4n) is 4.86. The molecule has 1 fully saturated rings. The molecule has 124 valence electrons. The first-order valence-corrected chi connectivity index (χ1v) is 9.83. The summed E-state index contributed by atoms with van der Waals surface area (Å²) in [6, 6.07) is 0.892. The van der Waals surface area contributed by atoms with Crippen molar-refractivity contribution in [3.8, 4) is 0 Å². The van der Waals surface area contributed by atoms with Crippen LogP contribution in [0, 0.1) is 0 Å². The number of hydrogen-bond acceptors (Lipinski definition) is 1. The van der Waals surface area contributed by atoms with E-state index in [1.807, 2.05) is 0 Å². The highest BCUT2D eigenvalue weighted by atomic mass is 16.2. The van der Waals surface area contributed by atoms with Crippen molar-refractivity contribution in [2.45, 2.75) is 109 Å². The zero-order chi connectivity index (χ0) is 15.4. The molecule has 0 N–H and O–H groups in total. The normalized spacial score (nSPS) is 29.4. The van der Waals surface area contributed by atoms with Gasteiger partial charge in [-0.3, -0.25) is 4.79 Å². The molecule has 2 heteroatoms. The average molecular weight is 303 g/mol. The van der Waals surface area contributed by atoms with Crippen molar-refractivity contribution in [1.82, 2.24) is 4.90 Å². The molecule has 0 spiro atoms. The molecular weight excluding hydrogens is 270 g/mol. The minimum Gasteiger partial charge on any atom is -0.329 e. The monoisotopic (exact) mass is 303 g/mol. The fraction of sp³-hybridized carbons (Fsp3) is 0.850. The Bertz CT molecular complexity index is 417. The Morgan fingerprint density at radius 3 is 2.00 bits per heavy atom. The Balaban J connectivity index is 1.75. The van der Waals surface area contributed by atoms with E-state index in [-0.39, 0.29) is 0 Å². The van der Waals surface area contributed by atoms with Crippen molar-refractivity contribution in [3.63, 3.8) is 0 Å². The first-order valence-electron chi connectivity index (χ1n) is 9.83. The molecule has 1 atom stereocenters. The van der Waals surface area contributed by atoms with Crippen LogP contribution < -0.4 is 0 Å². The van der Waals surface area contributed by atoms with Crippen LogP contribution in [0.3, 0.4) is 0 Å². The molecule has 1 heterocycles. The summed E-state index contributed by atoms with van der Waals surface area (Å²) < 4.78 is 0. The summed E-state index contributed by atoms with van der Waals surface area (Å²) in [6.45, 7) is 2.30. The van der Waals surface area contributed by atoms with Gasteiger partial charge >= 0.3 is 0 Å². The lowest BCUT2D eigenvalue weighted by Gasteiger charge is -2.34. The van der Waals surface area contributed by atoms with Gasteiger partial charge in [0, 0.05) is 11.6 Å². The molecule has 0 aromatic carbocycles. The van der Waals surface area contributed by atoms with E-state index in [0.717, 1.165) is 6.42 Å². The lowest BCUT2D eigenvalue weighted by Crippen LogP contribution is -2.43. The molecule has 0 saturated heterocycles. The van der Waals surface area contributed by atoms with Gasteiger partial charge in [-0.15, -0.1) is 0 Å². The summed E-state index contributed by atoms with van der Waals surface area (Å²) in [5.41, 5.74) is 2.73. The van der Waals surface area contributed by atoms with Crippen LogP contribution in [0.5, 0.6) is 0 Å². The third-order valence-electron chi connectivity index (χ3n) is 6.14. The molecule has 22 heavy (non-hydrogen) atoms. The van der Waals surface area contributed by atoms with Gasteiger partial charge in [0.15, 0.2) is 0 Å². The van der Waals surface area contributed by atoms with Gasteiger partial charge < -0.3 is 4.90 Å². The molecular formula is C20H33NO. The van der Waals surface area contributed by atoms with Crippen molar-refractivity contribution in [2.75, 3.05) is 0 Å². The third kappa shape index (κ3) is 3.41. The number of carbonyl (C=O) groups is 1. The third-order valence-corrected chi connectivity index (χ3v) is 6.14. The summed E-state index contributed by atoms with van der Waals surface area (Å²) in [4.78, 5) is 15.4. The van der Waals surface area contributed by atoms with Crippen LogP contribution in [0.2, 0.25) is 0 Å². The van der Waals surface area contributed by atoms with Crippen LogP contribution in [-0.4, -0.2) is 22.9 Å². The van der Waals surface area contributed by atoms with Crippen LogP contribution in [0.15, 0.2) is 11.1 Å². The van der Waals surface area contributed by atoms with Gasteiger partial charge in [0.05, 0.1) is 6.04 Å². The first kappa shape index (κ1) is 16.1. The van der Waals surface area contributed by atoms with E-state index < -0.39 is 0 Å². The van der Waals surface area contributed by atoms with E-state index in [2.05, 4.69) is 11.8 Å². The molecule has 1 aliphatic heterocycles. The summed E-state index contributed by atoms with van der Waals surface area (Å²) in [6.07, 6.45) is 17.9. The lowest BCUT2D eigenvalue weighted by molar-refractivity contribution is -0.129. The molecule has 1 unspecified atom stereocenters. The highest BCUT2D eigenvalue weighted by Gasteiger charge is 2.39.